The van der Waals surface area contributed by atoms with Crippen molar-refractivity contribution in [1.29, 1.82) is 0 Å². The standard InChI is InChI=1S/C18H27ClN4O2S.HI/c1-2-20-17(23-12-9-18(14-23)7-4-8-18)21-10-11-22-26(24,25)16-6-3-5-15(19)13-16;/h3,5-6,13,22H,2,4,7-12,14H2,1H3,(H,20,21);1H. The van der Waals surface area contributed by atoms with Crippen molar-refractivity contribution in [2.24, 2.45) is 10.4 Å². The number of rotatable bonds is 6. The van der Waals surface area contributed by atoms with Crippen molar-refractivity contribution < 1.29 is 8.42 Å². The molecule has 3 rings (SSSR count). The zero-order valence-electron chi connectivity index (χ0n) is 15.6. The summed E-state index contributed by atoms with van der Waals surface area (Å²) in [5.74, 6) is 0.887. The van der Waals surface area contributed by atoms with Crippen LogP contribution in [0.3, 0.4) is 0 Å². The van der Waals surface area contributed by atoms with Crippen LogP contribution < -0.4 is 10.0 Å². The highest BCUT2D eigenvalue weighted by Crippen LogP contribution is 2.47. The molecule has 1 aromatic rings. The van der Waals surface area contributed by atoms with E-state index < -0.39 is 10.0 Å². The summed E-state index contributed by atoms with van der Waals surface area (Å²) >= 11 is 5.87. The van der Waals surface area contributed by atoms with E-state index in [-0.39, 0.29) is 35.4 Å². The van der Waals surface area contributed by atoms with Crippen molar-refractivity contribution in [3.63, 3.8) is 0 Å². The Labute approximate surface area is 184 Å². The molecule has 6 nitrogen and oxygen atoms in total. The van der Waals surface area contributed by atoms with Gasteiger partial charge < -0.3 is 10.2 Å². The molecule has 152 valence electrons. The fraction of sp³-hybridized carbons (Fsp3) is 0.611. The number of hydrogen-bond donors (Lipinski definition) is 2. The molecule has 2 fully saturated rings. The SMILES string of the molecule is CCNC(=NCCNS(=O)(=O)c1cccc(Cl)c1)N1CCC2(CCC2)C1.I. The van der Waals surface area contributed by atoms with Crippen molar-refractivity contribution in [3.05, 3.63) is 29.3 Å². The summed E-state index contributed by atoms with van der Waals surface area (Å²) in [4.78, 5) is 7.10. The van der Waals surface area contributed by atoms with Crippen molar-refractivity contribution in [3.8, 4) is 0 Å². The van der Waals surface area contributed by atoms with E-state index in [2.05, 4.69) is 19.9 Å². The van der Waals surface area contributed by atoms with Crippen LogP contribution in [0.4, 0.5) is 0 Å². The second kappa shape index (κ2) is 9.76. The molecule has 0 radical (unpaired) electrons. The highest BCUT2D eigenvalue weighted by atomic mass is 127. The molecule has 2 aliphatic rings. The number of guanidine groups is 1. The highest BCUT2D eigenvalue weighted by Gasteiger charge is 2.43. The van der Waals surface area contributed by atoms with Gasteiger partial charge in [-0.05, 0) is 49.8 Å². The summed E-state index contributed by atoms with van der Waals surface area (Å²) in [6.45, 7) is 5.59. The molecular formula is C18H28ClIN4O2S. The second-order valence-corrected chi connectivity index (χ2v) is 9.32. The Hall–Kier alpha value is -0.580. The Morgan fingerprint density at radius 3 is 2.70 bits per heavy atom. The molecule has 0 unspecified atom stereocenters. The first-order chi connectivity index (χ1) is 12.4. The van der Waals surface area contributed by atoms with E-state index in [0.29, 0.717) is 17.0 Å². The number of nitrogens with one attached hydrogen (secondary N) is 2. The molecule has 2 N–H and O–H groups in total. The maximum atomic E-state index is 12.3. The summed E-state index contributed by atoms with van der Waals surface area (Å²) < 4.78 is 27.2. The fourth-order valence-corrected chi connectivity index (χ4v) is 5.01. The first-order valence-corrected chi connectivity index (χ1v) is 11.1. The van der Waals surface area contributed by atoms with E-state index in [0.717, 1.165) is 25.6 Å². The van der Waals surface area contributed by atoms with Crippen LogP contribution in [0.15, 0.2) is 34.2 Å². The van der Waals surface area contributed by atoms with E-state index in [9.17, 15) is 8.42 Å². The summed E-state index contributed by atoms with van der Waals surface area (Å²) in [5, 5.41) is 3.73. The topological polar surface area (TPSA) is 73.8 Å². The van der Waals surface area contributed by atoms with Gasteiger partial charge in [0.05, 0.1) is 11.4 Å². The molecule has 0 bridgehead atoms. The predicted molar refractivity (Wildman–Crippen MR) is 121 cm³/mol. The van der Waals surface area contributed by atoms with Crippen molar-refractivity contribution >= 4 is 51.6 Å². The third kappa shape index (κ3) is 5.71. The van der Waals surface area contributed by atoms with Crippen LogP contribution in [0.2, 0.25) is 5.02 Å². The van der Waals surface area contributed by atoms with Crippen molar-refractivity contribution in [2.45, 2.75) is 37.5 Å². The Bertz CT molecular complexity index is 768. The van der Waals surface area contributed by atoms with E-state index >= 15 is 0 Å². The van der Waals surface area contributed by atoms with E-state index in [4.69, 9.17) is 11.6 Å². The molecular weight excluding hydrogens is 499 g/mol. The van der Waals surface area contributed by atoms with Crippen LogP contribution in [0.5, 0.6) is 0 Å². The van der Waals surface area contributed by atoms with Gasteiger partial charge >= 0.3 is 0 Å². The maximum absolute atomic E-state index is 12.3. The molecule has 1 aliphatic carbocycles. The Morgan fingerprint density at radius 1 is 1.33 bits per heavy atom. The minimum Gasteiger partial charge on any atom is -0.357 e. The molecule has 9 heteroatoms. The van der Waals surface area contributed by atoms with Gasteiger partial charge in [0.15, 0.2) is 5.96 Å². The number of halogens is 2. The van der Waals surface area contributed by atoms with Crippen molar-refractivity contribution in [1.82, 2.24) is 14.9 Å². The number of hydrogen-bond acceptors (Lipinski definition) is 3. The molecule has 0 atom stereocenters. The monoisotopic (exact) mass is 526 g/mol. The Balaban J connectivity index is 0.00000261. The maximum Gasteiger partial charge on any atom is 0.240 e. The molecule has 1 saturated heterocycles. The Kier molecular flexibility index (Phi) is 8.20. The van der Waals surface area contributed by atoms with Gasteiger partial charge in [-0.25, -0.2) is 13.1 Å². The molecule has 0 aromatic heterocycles. The van der Waals surface area contributed by atoms with E-state index in [1.807, 2.05) is 6.92 Å². The lowest BCUT2D eigenvalue weighted by Crippen LogP contribution is -2.43. The lowest BCUT2D eigenvalue weighted by Gasteiger charge is -2.38. The summed E-state index contributed by atoms with van der Waals surface area (Å²) in [6, 6.07) is 6.25. The molecule has 1 heterocycles. The predicted octanol–water partition coefficient (Wildman–Crippen LogP) is 3.08. The number of nitrogens with zero attached hydrogens (tertiary/aromatic N) is 2. The van der Waals surface area contributed by atoms with Crippen LogP contribution in [0, 0.1) is 5.41 Å². The molecule has 0 amide bonds. The highest BCUT2D eigenvalue weighted by molar-refractivity contribution is 14.0. The minimum absolute atomic E-state index is 0. The van der Waals surface area contributed by atoms with E-state index in [1.54, 1.807) is 12.1 Å². The molecule has 27 heavy (non-hydrogen) atoms. The number of benzene rings is 1. The average Bonchev–Trinajstić information content (AvgIpc) is 3.03. The van der Waals surface area contributed by atoms with Crippen LogP contribution in [0.25, 0.3) is 0 Å². The minimum atomic E-state index is -3.56. The van der Waals surface area contributed by atoms with Gasteiger partial charge in [-0.2, -0.15) is 0 Å². The van der Waals surface area contributed by atoms with Crippen LogP contribution in [-0.4, -0.2) is 52.0 Å². The normalized spacial score (nSPS) is 18.9. The third-order valence-electron chi connectivity index (χ3n) is 5.26. The first kappa shape index (κ1) is 22.7. The largest absolute Gasteiger partial charge is 0.357 e. The van der Waals surface area contributed by atoms with Crippen molar-refractivity contribution in [2.75, 3.05) is 32.7 Å². The number of sulfonamides is 1. The second-order valence-electron chi connectivity index (χ2n) is 7.12. The first-order valence-electron chi connectivity index (χ1n) is 9.23. The number of aliphatic imine (C=N–C) groups is 1. The van der Waals surface area contributed by atoms with Gasteiger partial charge in [0.25, 0.3) is 0 Å². The zero-order valence-corrected chi connectivity index (χ0v) is 19.5. The summed E-state index contributed by atoms with van der Waals surface area (Å²) in [5.41, 5.74) is 0.504. The van der Waals surface area contributed by atoms with Gasteiger partial charge in [0.2, 0.25) is 10.0 Å². The van der Waals surface area contributed by atoms with Crippen LogP contribution in [-0.2, 0) is 10.0 Å². The average molecular weight is 527 g/mol. The van der Waals surface area contributed by atoms with Gasteiger partial charge in [0.1, 0.15) is 0 Å². The zero-order chi connectivity index (χ0) is 18.6. The van der Waals surface area contributed by atoms with Gasteiger partial charge in [0, 0.05) is 31.2 Å². The van der Waals surface area contributed by atoms with Crippen LogP contribution in [0.1, 0.15) is 32.6 Å². The molecule has 1 aromatic carbocycles. The van der Waals surface area contributed by atoms with Crippen LogP contribution >= 0.6 is 35.6 Å². The van der Waals surface area contributed by atoms with E-state index in [1.165, 1.54) is 37.8 Å². The summed E-state index contributed by atoms with van der Waals surface area (Å²) in [6.07, 6.45) is 5.22. The quantitative estimate of drug-likeness (QED) is 0.259. The lowest BCUT2D eigenvalue weighted by molar-refractivity contribution is 0.151. The molecule has 1 saturated carbocycles. The smallest absolute Gasteiger partial charge is 0.240 e. The molecule has 1 spiro atoms. The molecule has 1 aliphatic heterocycles. The Morgan fingerprint density at radius 2 is 2.11 bits per heavy atom. The number of likely N-dealkylation sites (tertiary alicyclic amines) is 1. The van der Waals surface area contributed by atoms with Gasteiger partial charge in [-0.3, -0.25) is 4.99 Å². The van der Waals surface area contributed by atoms with Gasteiger partial charge in [-0.15, -0.1) is 24.0 Å². The summed E-state index contributed by atoms with van der Waals surface area (Å²) in [7, 11) is -3.56. The third-order valence-corrected chi connectivity index (χ3v) is 6.95. The van der Waals surface area contributed by atoms with Gasteiger partial charge in [-0.1, -0.05) is 24.1 Å². The fourth-order valence-electron chi connectivity index (χ4n) is 3.69. The lowest BCUT2D eigenvalue weighted by atomic mass is 9.68.